The van der Waals surface area contributed by atoms with Gasteiger partial charge in [-0.05, 0) is 37.1 Å². The Hall–Kier alpha value is -2.39. The third-order valence-electron chi connectivity index (χ3n) is 5.83. The molecule has 1 aliphatic carbocycles. The summed E-state index contributed by atoms with van der Waals surface area (Å²) in [6, 6.07) is 8.21. The first-order valence-electron chi connectivity index (χ1n) is 8.97. The zero-order valence-corrected chi connectivity index (χ0v) is 16.0. The van der Waals surface area contributed by atoms with Crippen LogP contribution >= 0.6 is 11.6 Å². The van der Waals surface area contributed by atoms with Crippen LogP contribution in [-0.4, -0.2) is 42.1 Å². The largest absolute Gasteiger partial charge is 0.390 e. The van der Waals surface area contributed by atoms with E-state index in [1.54, 1.807) is 43.5 Å². The highest BCUT2D eigenvalue weighted by molar-refractivity contribution is 6.30. The van der Waals surface area contributed by atoms with Crippen LogP contribution < -0.4 is 11.3 Å². The number of hydrogen-bond acceptors (Lipinski definition) is 6. The van der Waals surface area contributed by atoms with Gasteiger partial charge in [0.1, 0.15) is 11.8 Å². The first-order valence-corrected chi connectivity index (χ1v) is 9.35. The highest BCUT2D eigenvalue weighted by Gasteiger charge is 2.50. The van der Waals surface area contributed by atoms with Crippen LogP contribution in [0.3, 0.4) is 0 Å². The molecule has 28 heavy (non-hydrogen) atoms. The fourth-order valence-corrected chi connectivity index (χ4v) is 4.36. The number of aliphatic hydroxyl groups excluding tert-OH is 2. The quantitative estimate of drug-likeness (QED) is 0.328. The predicted molar refractivity (Wildman–Crippen MR) is 104 cm³/mol. The number of aromatic amines is 1. The van der Waals surface area contributed by atoms with Crippen molar-refractivity contribution in [3.05, 3.63) is 58.9 Å². The summed E-state index contributed by atoms with van der Waals surface area (Å²) in [6.07, 6.45) is 1.47. The second-order valence-electron chi connectivity index (χ2n) is 7.39. The molecule has 1 aromatic carbocycles. The molecule has 5 atom stereocenters. The average Bonchev–Trinajstić information content (AvgIpc) is 3.24. The van der Waals surface area contributed by atoms with Gasteiger partial charge < -0.3 is 30.7 Å². The molecule has 0 amide bonds. The standard InChI is InChI=1S/C19H22ClN5O3/c1-19(28,10-2-4-11(20)5-3-10)13-8-14(16(27)15(13)26)25-7-6-12-17(24-21)22-9-23-18(12)25/h2-7,9,13-16,26-28H,8,21H2,1H3,(H,22,23,24)/t13-,14+,15+,16-,19?/m0/s1. The lowest BCUT2D eigenvalue weighted by Crippen LogP contribution is -2.39. The molecule has 6 N–H and O–H groups in total. The van der Waals surface area contributed by atoms with Crippen LogP contribution in [0.4, 0.5) is 0 Å². The predicted octanol–water partition coefficient (Wildman–Crippen LogP) is 0.983. The number of hydrogen-bond donors (Lipinski definition) is 5. The third kappa shape index (κ3) is 2.89. The maximum atomic E-state index is 11.2. The summed E-state index contributed by atoms with van der Waals surface area (Å²) >= 11 is 5.94. The third-order valence-corrected chi connectivity index (χ3v) is 6.08. The van der Waals surface area contributed by atoms with Gasteiger partial charge in [-0.2, -0.15) is 5.10 Å². The lowest BCUT2D eigenvalue weighted by atomic mass is 9.80. The molecule has 0 aliphatic heterocycles. The molecule has 0 bridgehead atoms. The number of H-pyrrole nitrogens is 1. The van der Waals surface area contributed by atoms with E-state index in [0.29, 0.717) is 33.5 Å². The lowest BCUT2D eigenvalue weighted by Gasteiger charge is -2.33. The summed E-state index contributed by atoms with van der Waals surface area (Å²) in [5, 5.41) is 37.6. The number of aromatic nitrogens is 3. The van der Waals surface area contributed by atoms with E-state index in [-0.39, 0.29) is 0 Å². The van der Waals surface area contributed by atoms with Crippen LogP contribution in [0.5, 0.6) is 0 Å². The minimum absolute atomic E-state index is 0.368. The van der Waals surface area contributed by atoms with Gasteiger partial charge in [0.25, 0.3) is 0 Å². The normalized spacial score (nSPS) is 28.0. The molecule has 9 heteroatoms. The summed E-state index contributed by atoms with van der Waals surface area (Å²) in [6.45, 7) is 1.65. The van der Waals surface area contributed by atoms with Gasteiger partial charge in [0.15, 0.2) is 5.49 Å². The summed E-state index contributed by atoms with van der Waals surface area (Å²) in [4.78, 5) is 7.12. The van der Waals surface area contributed by atoms with Gasteiger partial charge in [-0.1, -0.05) is 23.7 Å². The SMILES string of the molecule is CC(O)(c1ccc(Cl)cc1)[C@H]1C[C@@H](n2ccc3/c(=N\N)nc[nH]c32)[C@H](O)[C@@H]1O. The van der Waals surface area contributed by atoms with Crippen molar-refractivity contribution in [2.45, 2.75) is 37.2 Å². The minimum Gasteiger partial charge on any atom is -0.390 e. The number of fused-ring (bicyclic) bond motifs is 1. The van der Waals surface area contributed by atoms with Crippen molar-refractivity contribution in [2.75, 3.05) is 0 Å². The van der Waals surface area contributed by atoms with E-state index in [1.807, 2.05) is 4.57 Å². The molecule has 2 heterocycles. The lowest BCUT2D eigenvalue weighted by molar-refractivity contribution is -0.0752. The highest BCUT2D eigenvalue weighted by atomic mass is 35.5. The number of nitrogens with zero attached hydrogens (tertiary/aromatic N) is 3. The fraction of sp³-hybridized carbons (Fsp3) is 0.368. The van der Waals surface area contributed by atoms with E-state index < -0.39 is 29.8 Å². The fourth-order valence-electron chi connectivity index (χ4n) is 4.23. The van der Waals surface area contributed by atoms with Crippen molar-refractivity contribution < 1.29 is 15.3 Å². The number of aliphatic hydroxyl groups is 3. The smallest absolute Gasteiger partial charge is 0.183 e. The maximum absolute atomic E-state index is 11.2. The van der Waals surface area contributed by atoms with Crippen LogP contribution in [0.15, 0.2) is 48.0 Å². The number of nitrogens with two attached hydrogens (primary N) is 1. The molecule has 0 saturated heterocycles. The summed E-state index contributed by atoms with van der Waals surface area (Å²) in [7, 11) is 0. The molecule has 1 unspecified atom stereocenters. The molecule has 148 valence electrons. The number of benzene rings is 1. The molecule has 3 aromatic rings. The van der Waals surface area contributed by atoms with Crippen LogP contribution in [0.25, 0.3) is 11.0 Å². The second kappa shape index (κ2) is 6.89. The first kappa shape index (κ1) is 18.9. The van der Waals surface area contributed by atoms with Crippen LogP contribution in [0.2, 0.25) is 5.02 Å². The van der Waals surface area contributed by atoms with Gasteiger partial charge in [-0.25, -0.2) is 4.98 Å². The van der Waals surface area contributed by atoms with Crippen molar-refractivity contribution in [1.82, 2.24) is 14.5 Å². The van der Waals surface area contributed by atoms with Gasteiger partial charge in [0.05, 0.1) is 29.5 Å². The minimum atomic E-state index is -1.34. The summed E-state index contributed by atoms with van der Waals surface area (Å²) < 4.78 is 1.83. The zero-order valence-electron chi connectivity index (χ0n) is 15.2. The molecular weight excluding hydrogens is 382 g/mol. The molecule has 1 saturated carbocycles. The van der Waals surface area contributed by atoms with Gasteiger partial charge in [0, 0.05) is 17.1 Å². The summed E-state index contributed by atoms with van der Waals surface area (Å²) in [5.41, 5.74) is 0.352. The highest BCUT2D eigenvalue weighted by Crippen LogP contribution is 2.45. The monoisotopic (exact) mass is 403 g/mol. The van der Waals surface area contributed by atoms with E-state index in [0.717, 1.165) is 0 Å². The molecular formula is C19H22ClN5O3. The van der Waals surface area contributed by atoms with E-state index in [9.17, 15) is 15.3 Å². The van der Waals surface area contributed by atoms with E-state index in [4.69, 9.17) is 17.4 Å². The Kier molecular flexibility index (Phi) is 4.67. The number of rotatable bonds is 3. The van der Waals surface area contributed by atoms with Crippen LogP contribution in [0, 0.1) is 5.92 Å². The first-order chi connectivity index (χ1) is 13.3. The summed E-state index contributed by atoms with van der Waals surface area (Å²) in [5.74, 6) is 4.81. The Morgan fingerprint density at radius 2 is 1.96 bits per heavy atom. The number of halogens is 1. The Labute approximate surface area is 165 Å². The molecule has 8 nitrogen and oxygen atoms in total. The average molecular weight is 404 g/mol. The molecule has 4 rings (SSSR count). The van der Waals surface area contributed by atoms with Gasteiger partial charge in [0.2, 0.25) is 0 Å². The van der Waals surface area contributed by atoms with Crippen LogP contribution in [-0.2, 0) is 5.60 Å². The van der Waals surface area contributed by atoms with Crippen molar-refractivity contribution >= 4 is 22.6 Å². The van der Waals surface area contributed by atoms with Crippen molar-refractivity contribution in [3.63, 3.8) is 0 Å². The molecule has 0 radical (unpaired) electrons. The van der Waals surface area contributed by atoms with Gasteiger partial charge in [-0.15, -0.1) is 0 Å². The maximum Gasteiger partial charge on any atom is 0.183 e. The van der Waals surface area contributed by atoms with Gasteiger partial charge >= 0.3 is 0 Å². The molecule has 0 spiro atoms. The zero-order chi connectivity index (χ0) is 20.1. The number of nitrogens with one attached hydrogen (secondary N) is 1. The van der Waals surface area contributed by atoms with E-state index in [1.165, 1.54) is 6.33 Å². The topological polar surface area (TPSA) is 133 Å². The second-order valence-corrected chi connectivity index (χ2v) is 7.82. The van der Waals surface area contributed by atoms with Crippen molar-refractivity contribution in [1.29, 1.82) is 0 Å². The molecule has 2 aromatic heterocycles. The van der Waals surface area contributed by atoms with Gasteiger partial charge in [-0.3, -0.25) is 0 Å². The Bertz CT molecular complexity index is 1060. The molecule has 1 aliphatic rings. The van der Waals surface area contributed by atoms with Crippen LogP contribution in [0.1, 0.15) is 24.9 Å². The Morgan fingerprint density at radius 1 is 1.25 bits per heavy atom. The Balaban J connectivity index is 1.72. The van der Waals surface area contributed by atoms with E-state index in [2.05, 4.69) is 15.1 Å². The van der Waals surface area contributed by atoms with E-state index >= 15 is 0 Å². The van der Waals surface area contributed by atoms with Crippen molar-refractivity contribution in [3.8, 4) is 0 Å². The Morgan fingerprint density at radius 3 is 2.64 bits per heavy atom. The molecule has 1 fully saturated rings. The van der Waals surface area contributed by atoms with Crippen molar-refractivity contribution in [2.24, 2.45) is 16.9 Å².